The normalized spacial score (nSPS) is 13.8. The molecule has 0 radical (unpaired) electrons. The number of phenols is 1. The van der Waals surface area contributed by atoms with Crippen molar-refractivity contribution in [1.29, 1.82) is 0 Å². The maximum absolute atomic E-state index is 14.7. The summed E-state index contributed by atoms with van der Waals surface area (Å²) in [6, 6.07) is 16.0. The van der Waals surface area contributed by atoms with Crippen molar-refractivity contribution >= 4 is 0 Å². The van der Waals surface area contributed by atoms with Gasteiger partial charge in [0.15, 0.2) is 11.5 Å². The van der Waals surface area contributed by atoms with Gasteiger partial charge in [0.1, 0.15) is 11.6 Å². The molecule has 1 aliphatic rings. The number of ether oxygens (including phenoxy) is 2. The minimum atomic E-state index is -0.253. The van der Waals surface area contributed by atoms with Crippen LogP contribution in [0.1, 0.15) is 16.7 Å². The van der Waals surface area contributed by atoms with Crippen molar-refractivity contribution in [2.75, 3.05) is 20.8 Å². The number of hydrogen-bond donors (Lipinski definition) is 1. The van der Waals surface area contributed by atoms with Crippen LogP contribution in [0.2, 0.25) is 0 Å². The zero-order valence-corrected chi connectivity index (χ0v) is 16.6. The molecule has 0 amide bonds. The Morgan fingerprint density at radius 3 is 2.28 bits per heavy atom. The van der Waals surface area contributed by atoms with Crippen molar-refractivity contribution in [3.63, 3.8) is 0 Å². The van der Waals surface area contributed by atoms with Gasteiger partial charge in [-0.05, 0) is 59.0 Å². The molecule has 1 N–H and O–H groups in total. The Kier molecular flexibility index (Phi) is 5.41. The van der Waals surface area contributed by atoms with Gasteiger partial charge in [0.2, 0.25) is 0 Å². The third-order valence-electron chi connectivity index (χ3n) is 5.42. The van der Waals surface area contributed by atoms with Gasteiger partial charge in [-0.3, -0.25) is 4.90 Å². The fourth-order valence-corrected chi connectivity index (χ4v) is 3.87. The number of methoxy groups -OCH3 is 2. The van der Waals surface area contributed by atoms with Crippen LogP contribution in [-0.4, -0.2) is 30.8 Å². The van der Waals surface area contributed by atoms with Crippen LogP contribution in [0.25, 0.3) is 11.1 Å². The summed E-state index contributed by atoms with van der Waals surface area (Å²) in [5, 5.41) is 9.42. The average molecular weight is 393 g/mol. The fourth-order valence-electron chi connectivity index (χ4n) is 3.87. The largest absolute Gasteiger partial charge is 0.508 e. The first-order valence-electron chi connectivity index (χ1n) is 9.61. The van der Waals surface area contributed by atoms with Gasteiger partial charge in [-0.2, -0.15) is 0 Å². The number of hydrogen-bond acceptors (Lipinski definition) is 4. The van der Waals surface area contributed by atoms with Gasteiger partial charge in [-0.15, -0.1) is 0 Å². The molecule has 0 fully saturated rings. The maximum atomic E-state index is 14.7. The molecule has 0 atom stereocenters. The van der Waals surface area contributed by atoms with Crippen molar-refractivity contribution in [1.82, 2.24) is 4.90 Å². The number of nitrogens with zero attached hydrogens (tertiary/aromatic N) is 1. The van der Waals surface area contributed by atoms with Crippen LogP contribution in [0.4, 0.5) is 4.39 Å². The van der Waals surface area contributed by atoms with Crippen molar-refractivity contribution < 1.29 is 19.0 Å². The fraction of sp³-hybridized carbons (Fsp3) is 0.250. The molecule has 4 nitrogen and oxygen atoms in total. The van der Waals surface area contributed by atoms with Crippen molar-refractivity contribution in [3.05, 3.63) is 77.1 Å². The summed E-state index contributed by atoms with van der Waals surface area (Å²) >= 11 is 0. The van der Waals surface area contributed by atoms with Crippen LogP contribution in [0.15, 0.2) is 54.6 Å². The van der Waals surface area contributed by atoms with E-state index in [1.807, 2.05) is 18.2 Å². The molecule has 5 heteroatoms. The second kappa shape index (κ2) is 8.13. The highest BCUT2D eigenvalue weighted by molar-refractivity contribution is 5.65. The highest BCUT2D eigenvalue weighted by atomic mass is 19.1. The van der Waals surface area contributed by atoms with E-state index in [1.165, 1.54) is 11.1 Å². The van der Waals surface area contributed by atoms with Crippen molar-refractivity contribution in [2.24, 2.45) is 0 Å². The molecule has 0 aromatic heterocycles. The SMILES string of the molecule is COc1cc2c(cc1OC)CN(Cc1ccc(-c3ccc(O)cc3)c(F)c1)CC2. The predicted molar refractivity (Wildman–Crippen MR) is 111 cm³/mol. The lowest BCUT2D eigenvalue weighted by atomic mass is 9.98. The van der Waals surface area contributed by atoms with E-state index < -0.39 is 0 Å². The molecule has 0 saturated heterocycles. The summed E-state index contributed by atoms with van der Waals surface area (Å²) in [6.07, 6.45) is 0.920. The number of aromatic hydroxyl groups is 1. The van der Waals surface area contributed by atoms with E-state index in [1.54, 1.807) is 44.6 Å². The van der Waals surface area contributed by atoms with Crippen molar-refractivity contribution in [2.45, 2.75) is 19.5 Å². The van der Waals surface area contributed by atoms with Crippen LogP contribution >= 0.6 is 0 Å². The lowest BCUT2D eigenvalue weighted by Gasteiger charge is -2.29. The number of halogens is 1. The second-order valence-electron chi connectivity index (χ2n) is 7.30. The Balaban J connectivity index is 1.50. The van der Waals surface area contributed by atoms with Gasteiger partial charge >= 0.3 is 0 Å². The van der Waals surface area contributed by atoms with E-state index in [0.29, 0.717) is 12.1 Å². The average Bonchev–Trinajstić information content (AvgIpc) is 2.73. The maximum Gasteiger partial charge on any atom is 0.161 e. The molecule has 1 aliphatic heterocycles. The molecule has 0 aliphatic carbocycles. The second-order valence-corrected chi connectivity index (χ2v) is 7.30. The molecule has 0 bridgehead atoms. The van der Waals surface area contributed by atoms with E-state index in [-0.39, 0.29) is 11.6 Å². The highest BCUT2D eigenvalue weighted by Gasteiger charge is 2.20. The Morgan fingerprint density at radius 1 is 0.931 bits per heavy atom. The summed E-state index contributed by atoms with van der Waals surface area (Å²) in [4.78, 5) is 2.31. The zero-order valence-electron chi connectivity index (χ0n) is 16.6. The molecule has 4 rings (SSSR count). The van der Waals surface area contributed by atoms with Crippen LogP contribution in [-0.2, 0) is 19.5 Å². The zero-order chi connectivity index (χ0) is 20.4. The Hall–Kier alpha value is -3.05. The van der Waals surface area contributed by atoms with Gasteiger partial charge in [-0.25, -0.2) is 4.39 Å². The minimum Gasteiger partial charge on any atom is -0.508 e. The summed E-state index contributed by atoms with van der Waals surface area (Å²) in [5.74, 6) is 1.41. The Morgan fingerprint density at radius 2 is 1.62 bits per heavy atom. The summed E-state index contributed by atoms with van der Waals surface area (Å²) in [7, 11) is 3.29. The summed E-state index contributed by atoms with van der Waals surface area (Å²) in [5.41, 5.74) is 4.71. The molecule has 29 heavy (non-hydrogen) atoms. The van der Waals surface area contributed by atoms with Crippen LogP contribution in [0.5, 0.6) is 17.2 Å². The van der Waals surface area contributed by atoms with Crippen molar-refractivity contribution in [3.8, 4) is 28.4 Å². The smallest absolute Gasteiger partial charge is 0.161 e. The quantitative estimate of drug-likeness (QED) is 0.678. The van der Waals surface area contributed by atoms with Gasteiger partial charge in [0, 0.05) is 25.2 Å². The van der Waals surface area contributed by atoms with E-state index in [2.05, 4.69) is 11.0 Å². The van der Waals surface area contributed by atoms with Gasteiger partial charge in [0.25, 0.3) is 0 Å². The molecule has 3 aromatic carbocycles. The molecule has 1 heterocycles. The van der Waals surface area contributed by atoms with Gasteiger partial charge < -0.3 is 14.6 Å². The molecule has 3 aromatic rings. The number of phenolic OH excluding ortho intramolecular Hbond substituents is 1. The molecule has 0 saturated carbocycles. The van der Waals surface area contributed by atoms with Crippen LogP contribution in [0, 0.1) is 5.82 Å². The molecule has 0 spiro atoms. The van der Waals surface area contributed by atoms with Gasteiger partial charge in [0.05, 0.1) is 14.2 Å². The third-order valence-corrected chi connectivity index (χ3v) is 5.42. The molecule has 0 unspecified atom stereocenters. The Labute approximate surface area is 170 Å². The summed E-state index contributed by atoms with van der Waals surface area (Å²) < 4.78 is 25.5. The number of benzene rings is 3. The van der Waals surface area contributed by atoms with Gasteiger partial charge in [-0.1, -0.05) is 24.3 Å². The number of fused-ring (bicyclic) bond motifs is 1. The lowest BCUT2D eigenvalue weighted by molar-refractivity contribution is 0.244. The molecule has 150 valence electrons. The topological polar surface area (TPSA) is 41.9 Å². The van der Waals surface area contributed by atoms with Crippen LogP contribution < -0.4 is 9.47 Å². The first-order valence-corrected chi connectivity index (χ1v) is 9.61. The highest BCUT2D eigenvalue weighted by Crippen LogP contribution is 2.34. The van der Waals surface area contributed by atoms with E-state index in [9.17, 15) is 9.50 Å². The monoisotopic (exact) mass is 393 g/mol. The van der Waals surface area contributed by atoms with E-state index >= 15 is 0 Å². The predicted octanol–water partition coefficient (Wildman–Crippen LogP) is 4.77. The first kappa shape index (κ1) is 19.3. The van der Waals surface area contributed by atoms with E-state index in [4.69, 9.17) is 9.47 Å². The minimum absolute atomic E-state index is 0.172. The van der Waals surface area contributed by atoms with Crippen LogP contribution in [0.3, 0.4) is 0 Å². The third kappa shape index (κ3) is 4.05. The molecular weight excluding hydrogens is 369 g/mol. The lowest BCUT2D eigenvalue weighted by Crippen LogP contribution is -2.30. The Bertz CT molecular complexity index is 1020. The first-order chi connectivity index (χ1) is 14.1. The standard InChI is InChI=1S/C24H24FNO3/c1-28-23-12-18-9-10-26(15-19(18)13-24(23)29-2)14-16-3-8-21(22(25)11-16)17-4-6-20(27)7-5-17/h3-8,11-13,27H,9-10,14-15H2,1-2H3. The van der Waals surface area contributed by atoms with E-state index in [0.717, 1.165) is 42.1 Å². The summed E-state index contributed by atoms with van der Waals surface area (Å²) in [6.45, 7) is 2.38. The molecular formula is C24H24FNO3. The number of rotatable bonds is 5.